The van der Waals surface area contributed by atoms with Gasteiger partial charge in [0, 0.05) is 10.4 Å². The Bertz CT molecular complexity index is 1030. The Kier molecular flexibility index (Phi) is 4.26. The van der Waals surface area contributed by atoms with Crippen molar-refractivity contribution in [2.24, 2.45) is 0 Å². The summed E-state index contributed by atoms with van der Waals surface area (Å²) in [5.41, 5.74) is 1.64. The molecule has 0 saturated carbocycles. The molecular formula is C19H14ClN3OS. The predicted octanol–water partition coefficient (Wildman–Crippen LogP) is 5.76. The number of anilines is 2. The Hall–Kier alpha value is -2.63. The summed E-state index contributed by atoms with van der Waals surface area (Å²) in [6.45, 7) is 0. The van der Waals surface area contributed by atoms with Crippen LogP contribution in [0.25, 0.3) is 21.6 Å². The fraction of sp³-hybridized carbons (Fsp3) is 0.0526. The van der Waals surface area contributed by atoms with Crippen LogP contribution in [0.1, 0.15) is 0 Å². The molecule has 0 saturated heterocycles. The topological polar surface area (TPSA) is 47.0 Å². The number of hydrogen-bond donors (Lipinski definition) is 1. The van der Waals surface area contributed by atoms with Gasteiger partial charge in [0.25, 0.3) is 0 Å². The highest BCUT2D eigenvalue weighted by molar-refractivity contribution is 7.13. The summed E-state index contributed by atoms with van der Waals surface area (Å²) in [4.78, 5) is 10.4. The van der Waals surface area contributed by atoms with Crippen molar-refractivity contribution >= 4 is 45.3 Å². The first-order valence-corrected chi connectivity index (χ1v) is 8.91. The second kappa shape index (κ2) is 6.70. The smallest absolute Gasteiger partial charge is 0.172 e. The molecule has 1 N–H and O–H groups in total. The Labute approximate surface area is 154 Å². The van der Waals surface area contributed by atoms with Crippen molar-refractivity contribution in [2.75, 3.05) is 12.4 Å². The van der Waals surface area contributed by atoms with E-state index < -0.39 is 0 Å². The minimum Gasteiger partial charge on any atom is -0.495 e. The number of thiophene rings is 1. The molecule has 6 heteroatoms. The van der Waals surface area contributed by atoms with Crippen LogP contribution in [0.2, 0.25) is 5.02 Å². The number of benzene rings is 2. The molecule has 4 nitrogen and oxygen atoms in total. The van der Waals surface area contributed by atoms with Gasteiger partial charge in [0.1, 0.15) is 11.6 Å². The molecule has 124 valence electrons. The summed E-state index contributed by atoms with van der Waals surface area (Å²) in [6, 6.07) is 17.4. The van der Waals surface area contributed by atoms with Gasteiger partial charge in [-0.15, -0.1) is 11.3 Å². The van der Waals surface area contributed by atoms with E-state index in [1.54, 1.807) is 24.5 Å². The van der Waals surface area contributed by atoms with E-state index in [1.165, 1.54) is 0 Å². The van der Waals surface area contributed by atoms with E-state index in [-0.39, 0.29) is 0 Å². The van der Waals surface area contributed by atoms with Crippen molar-refractivity contribution in [2.45, 2.75) is 0 Å². The van der Waals surface area contributed by atoms with Crippen molar-refractivity contribution in [1.82, 2.24) is 9.97 Å². The van der Waals surface area contributed by atoms with Gasteiger partial charge in [0.05, 0.1) is 23.2 Å². The molecule has 0 amide bonds. The second-order valence-electron chi connectivity index (χ2n) is 5.36. The van der Waals surface area contributed by atoms with Gasteiger partial charge in [0.2, 0.25) is 0 Å². The lowest BCUT2D eigenvalue weighted by Gasteiger charge is -2.13. The van der Waals surface area contributed by atoms with Gasteiger partial charge in [-0.1, -0.05) is 29.8 Å². The second-order valence-corrected chi connectivity index (χ2v) is 6.74. The summed E-state index contributed by atoms with van der Waals surface area (Å²) in [6.07, 6.45) is 0. The Morgan fingerprint density at radius 3 is 2.72 bits per heavy atom. The Morgan fingerprint density at radius 1 is 1.04 bits per heavy atom. The summed E-state index contributed by atoms with van der Waals surface area (Å²) < 4.78 is 5.42. The number of hydrogen-bond acceptors (Lipinski definition) is 5. The third-order valence-corrected chi connectivity index (χ3v) is 4.86. The summed E-state index contributed by atoms with van der Waals surface area (Å²) >= 11 is 7.76. The lowest BCUT2D eigenvalue weighted by atomic mass is 10.2. The number of fused-ring (bicyclic) bond motifs is 1. The fourth-order valence-corrected chi connectivity index (χ4v) is 3.42. The number of halogens is 1. The lowest BCUT2D eigenvalue weighted by Crippen LogP contribution is -2.00. The fourth-order valence-electron chi connectivity index (χ4n) is 2.59. The molecule has 0 fully saturated rings. The lowest BCUT2D eigenvalue weighted by molar-refractivity contribution is 0.417. The SMILES string of the molecule is COc1ccc(Cl)cc1Nc1nc(-c2cccs2)nc2ccccc12. The van der Waals surface area contributed by atoms with E-state index in [1.807, 2.05) is 53.9 Å². The van der Waals surface area contributed by atoms with Gasteiger partial charge < -0.3 is 10.1 Å². The maximum absolute atomic E-state index is 6.14. The number of aromatic nitrogens is 2. The molecule has 2 aromatic carbocycles. The maximum Gasteiger partial charge on any atom is 0.172 e. The number of nitrogens with zero attached hydrogens (tertiary/aromatic N) is 2. The maximum atomic E-state index is 6.14. The largest absolute Gasteiger partial charge is 0.495 e. The van der Waals surface area contributed by atoms with Crippen molar-refractivity contribution in [3.63, 3.8) is 0 Å². The van der Waals surface area contributed by atoms with Crippen LogP contribution in [0.4, 0.5) is 11.5 Å². The standard InChI is InChI=1S/C19H14ClN3OS/c1-24-16-9-8-12(20)11-15(16)22-18-13-5-2-3-6-14(13)21-19(23-18)17-7-4-10-25-17/h2-11H,1H3,(H,21,22,23). The van der Waals surface area contributed by atoms with E-state index in [2.05, 4.69) is 10.3 Å². The first-order chi connectivity index (χ1) is 12.2. The zero-order valence-corrected chi connectivity index (χ0v) is 14.9. The van der Waals surface area contributed by atoms with Crippen LogP contribution in [0.15, 0.2) is 60.0 Å². The molecule has 4 rings (SSSR count). The van der Waals surface area contributed by atoms with Crippen LogP contribution < -0.4 is 10.1 Å². The molecular weight excluding hydrogens is 354 g/mol. The average molecular weight is 368 g/mol. The van der Waals surface area contributed by atoms with Gasteiger partial charge in [-0.05, 0) is 41.8 Å². The molecule has 0 atom stereocenters. The quantitative estimate of drug-likeness (QED) is 0.497. The third kappa shape index (κ3) is 3.16. The zero-order valence-electron chi connectivity index (χ0n) is 13.4. The molecule has 0 aliphatic heterocycles. The molecule has 0 bridgehead atoms. The molecule has 2 aromatic heterocycles. The number of rotatable bonds is 4. The van der Waals surface area contributed by atoms with E-state index >= 15 is 0 Å². The van der Waals surface area contributed by atoms with Crippen molar-refractivity contribution in [3.8, 4) is 16.5 Å². The number of methoxy groups -OCH3 is 1. The molecule has 2 heterocycles. The van der Waals surface area contributed by atoms with Crippen LogP contribution >= 0.6 is 22.9 Å². The van der Waals surface area contributed by atoms with E-state index in [9.17, 15) is 0 Å². The first-order valence-electron chi connectivity index (χ1n) is 7.66. The van der Waals surface area contributed by atoms with Crippen molar-refractivity contribution in [3.05, 3.63) is 65.0 Å². The summed E-state index contributed by atoms with van der Waals surface area (Å²) in [5, 5.41) is 6.93. The van der Waals surface area contributed by atoms with Crippen molar-refractivity contribution in [1.29, 1.82) is 0 Å². The highest BCUT2D eigenvalue weighted by Gasteiger charge is 2.12. The first kappa shape index (κ1) is 15.9. The number of nitrogens with one attached hydrogen (secondary N) is 1. The predicted molar refractivity (Wildman–Crippen MR) is 104 cm³/mol. The highest BCUT2D eigenvalue weighted by atomic mass is 35.5. The Balaban J connectivity index is 1.87. The van der Waals surface area contributed by atoms with Gasteiger partial charge in [-0.25, -0.2) is 9.97 Å². The molecule has 4 aromatic rings. The van der Waals surface area contributed by atoms with E-state index in [4.69, 9.17) is 21.3 Å². The zero-order chi connectivity index (χ0) is 17.2. The molecule has 0 radical (unpaired) electrons. The average Bonchev–Trinajstić information content (AvgIpc) is 3.16. The van der Waals surface area contributed by atoms with Crippen molar-refractivity contribution < 1.29 is 4.74 Å². The molecule has 0 aliphatic rings. The molecule has 0 spiro atoms. The molecule has 0 unspecified atom stereocenters. The van der Waals surface area contributed by atoms with Crippen LogP contribution in [-0.4, -0.2) is 17.1 Å². The normalized spacial score (nSPS) is 10.8. The van der Waals surface area contributed by atoms with Crippen LogP contribution in [0.3, 0.4) is 0 Å². The van der Waals surface area contributed by atoms with Gasteiger partial charge in [-0.3, -0.25) is 0 Å². The van der Waals surface area contributed by atoms with E-state index in [0.29, 0.717) is 16.6 Å². The third-order valence-electron chi connectivity index (χ3n) is 3.76. The van der Waals surface area contributed by atoms with Gasteiger partial charge >= 0.3 is 0 Å². The summed E-state index contributed by atoms with van der Waals surface area (Å²) in [7, 11) is 1.63. The van der Waals surface area contributed by atoms with Crippen LogP contribution in [0.5, 0.6) is 5.75 Å². The summed E-state index contributed by atoms with van der Waals surface area (Å²) in [5.74, 6) is 2.11. The van der Waals surface area contributed by atoms with E-state index in [0.717, 1.165) is 27.3 Å². The monoisotopic (exact) mass is 367 g/mol. The van der Waals surface area contributed by atoms with Gasteiger partial charge in [0.15, 0.2) is 5.82 Å². The minimum atomic E-state index is 0.625. The number of ether oxygens (including phenoxy) is 1. The molecule has 25 heavy (non-hydrogen) atoms. The van der Waals surface area contributed by atoms with Crippen LogP contribution in [-0.2, 0) is 0 Å². The number of para-hydroxylation sites is 1. The molecule has 0 aliphatic carbocycles. The Morgan fingerprint density at radius 2 is 1.92 bits per heavy atom. The van der Waals surface area contributed by atoms with Gasteiger partial charge in [-0.2, -0.15) is 0 Å². The minimum absolute atomic E-state index is 0.625. The van der Waals surface area contributed by atoms with Crippen LogP contribution in [0, 0.1) is 0 Å². The highest BCUT2D eigenvalue weighted by Crippen LogP contribution is 2.33.